The Kier molecular flexibility index (Phi) is 5.05. The second-order valence-electron chi connectivity index (χ2n) is 4.08. The maximum absolute atomic E-state index is 4.66. The zero-order valence-electron chi connectivity index (χ0n) is 11.3. The Labute approximate surface area is 122 Å². The zero-order valence-corrected chi connectivity index (χ0v) is 12.9. The number of halogens is 1. The third kappa shape index (κ3) is 3.39. The molecule has 3 rings (SSSR count). The first-order valence-corrected chi connectivity index (χ1v) is 7.45. The molecule has 0 spiro atoms. The number of rotatable bonds is 1. The predicted octanol–water partition coefficient (Wildman–Crippen LogP) is 3.80. The molecule has 0 saturated carbocycles. The van der Waals surface area contributed by atoms with Gasteiger partial charge in [-0.25, -0.2) is 4.98 Å². The van der Waals surface area contributed by atoms with E-state index in [0.29, 0.717) is 0 Å². The highest BCUT2D eigenvalue weighted by Gasteiger charge is 2.08. The van der Waals surface area contributed by atoms with Crippen LogP contribution in [-0.2, 0) is 0 Å². The van der Waals surface area contributed by atoms with Crippen LogP contribution in [0.5, 0.6) is 0 Å². The Morgan fingerprint density at radius 2 is 2.05 bits per heavy atom. The molecule has 1 aliphatic rings. The first-order chi connectivity index (χ1) is 9.33. The van der Waals surface area contributed by atoms with Gasteiger partial charge in [-0.3, -0.25) is 4.98 Å². The van der Waals surface area contributed by atoms with E-state index < -0.39 is 0 Å². The Balaban J connectivity index is 0.000000637. The third-order valence-electron chi connectivity index (χ3n) is 2.86. The molecule has 0 saturated heterocycles. The second kappa shape index (κ2) is 6.78. The molecule has 3 nitrogen and oxygen atoms in total. The Hall–Kier alpha value is -1.26. The van der Waals surface area contributed by atoms with E-state index in [1.807, 2.05) is 38.2 Å². The monoisotopic (exact) mass is 319 g/mol. The van der Waals surface area contributed by atoms with Crippen molar-refractivity contribution in [1.29, 1.82) is 0 Å². The minimum absolute atomic E-state index is 0.883. The lowest BCUT2D eigenvalue weighted by Gasteiger charge is -2.13. The number of nitrogens with zero attached hydrogens (tertiary/aromatic N) is 2. The summed E-state index contributed by atoms with van der Waals surface area (Å²) in [6.07, 6.45) is 5.16. The molecule has 1 aromatic carbocycles. The molecule has 100 valence electrons. The molecule has 4 heteroatoms. The van der Waals surface area contributed by atoms with Crippen LogP contribution in [-0.4, -0.2) is 23.1 Å². The van der Waals surface area contributed by atoms with Crippen molar-refractivity contribution in [2.24, 2.45) is 0 Å². The van der Waals surface area contributed by atoms with E-state index in [0.717, 1.165) is 40.7 Å². The second-order valence-corrected chi connectivity index (χ2v) is 5.00. The van der Waals surface area contributed by atoms with Crippen LogP contribution in [0, 0.1) is 0 Å². The van der Waals surface area contributed by atoms with Gasteiger partial charge in [0.1, 0.15) is 0 Å². The van der Waals surface area contributed by atoms with E-state index >= 15 is 0 Å². The lowest BCUT2D eigenvalue weighted by atomic mass is 10.1. The van der Waals surface area contributed by atoms with Gasteiger partial charge in [-0.1, -0.05) is 35.9 Å². The van der Waals surface area contributed by atoms with Crippen molar-refractivity contribution in [3.63, 3.8) is 0 Å². The summed E-state index contributed by atoms with van der Waals surface area (Å²) in [5, 5.41) is 3.35. The summed E-state index contributed by atoms with van der Waals surface area (Å²) in [5.41, 5.74) is 4.08. The number of hydrogen-bond donors (Lipinski definition) is 1. The van der Waals surface area contributed by atoms with Gasteiger partial charge in [0.2, 0.25) is 0 Å². The van der Waals surface area contributed by atoms with E-state index in [4.69, 9.17) is 0 Å². The van der Waals surface area contributed by atoms with Crippen LogP contribution in [0.4, 0.5) is 0 Å². The Bertz CT molecular complexity index is 593. The molecule has 0 radical (unpaired) electrons. The number of benzene rings is 1. The molecule has 0 fully saturated rings. The van der Waals surface area contributed by atoms with Gasteiger partial charge in [-0.15, -0.1) is 0 Å². The molecule has 1 aliphatic heterocycles. The lowest BCUT2D eigenvalue weighted by molar-refractivity contribution is 0.737. The van der Waals surface area contributed by atoms with Gasteiger partial charge in [0, 0.05) is 11.0 Å². The van der Waals surface area contributed by atoms with Crippen LogP contribution in [0.15, 0.2) is 34.9 Å². The fourth-order valence-corrected chi connectivity index (χ4v) is 2.33. The highest BCUT2D eigenvalue weighted by Crippen LogP contribution is 2.20. The highest BCUT2D eigenvalue weighted by molar-refractivity contribution is 9.10. The van der Waals surface area contributed by atoms with Gasteiger partial charge >= 0.3 is 0 Å². The molecule has 0 atom stereocenters. The van der Waals surface area contributed by atoms with E-state index in [9.17, 15) is 0 Å². The maximum Gasteiger partial charge on any atom is 0.0905 e. The smallest absolute Gasteiger partial charge is 0.0905 e. The van der Waals surface area contributed by atoms with Crippen molar-refractivity contribution < 1.29 is 0 Å². The molecule has 19 heavy (non-hydrogen) atoms. The first-order valence-electron chi connectivity index (χ1n) is 6.65. The van der Waals surface area contributed by atoms with Gasteiger partial charge in [0.05, 0.1) is 22.9 Å². The molecule has 2 heterocycles. The van der Waals surface area contributed by atoms with E-state index in [2.05, 4.69) is 37.3 Å². The topological polar surface area (TPSA) is 37.8 Å². The third-order valence-corrected chi connectivity index (χ3v) is 3.35. The van der Waals surface area contributed by atoms with Crippen LogP contribution in [0.3, 0.4) is 0 Å². The summed E-state index contributed by atoms with van der Waals surface area (Å²) >= 11 is 3.46. The van der Waals surface area contributed by atoms with Crippen molar-refractivity contribution in [1.82, 2.24) is 15.3 Å². The van der Waals surface area contributed by atoms with Gasteiger partial charge < -0.3 is 5.32 Å². The molecule has 1 aromatic heterocycles. The van der Waals surface area contributed by atoms with Crippen molar-refractivity contribution in [3.05, 3.63) is 40.6 Å². The summed E-state index contributed by atoms with van der Waals surface area (Å²) in [6.45, 7) is 5.93. The highest BCUT2D eigenvalue weighted by atomic mass is 79.9. The Morgan fingerprint density at radius 3 is 2.79 bits per heavy atom. The minimum Gasteiger partial charge on any atom is -0.312 e. The largest absolute Gasteiger partial charge is 0.312 e. The predicted molar refractivity (Wildman–Crippen MR) is 84.0 cm³/mol. The maximum atomic E-state index is 4.66. The number of fused-ring (bicyclic) bond motifs is 1. The average Bonchev–Trinajstić information content (AvgIpc) is 2.49. The van der Waals surface area contributed by atoms with Crippen molar-refractivity contribution >= 4 is 32.5 Å². The minimum atomic E-state index is 0.883. The summed E-state index contributed by atoms with van der Waals surface area (Å²) in [4.78, 5) is 9.10. The average molecular weight is 320 g/mol. The fraction of sp³-hybridized carbons (Fsp3) is 0.333. The van der Waals surface area contributed by atoms with Crippen LogP contribution in [0.25, 0.3) is 16.6 Å². The summed E-state index contributed by atoms with van der Waals surface area (Å²) in [7, 11) is 0. The van der Waals surface area contributed by atoms with Crippen molar-refractivity contribution in [3.8, 4) is 0 Å². The SMILES string of the molecule is Brc1ccc2ncc(C3=CCCNC3)nc2c1.CC. The molecule has 0 amide bonds. The van der Waals surface area contributed by atoms with Gasteiger partial charge in [-0.05, 0) is 36.7 Å². The zero-order chi connectivity index (χ0) is 13.7. The molecule has 0 aliphatic carbocycles. The Morgan fingerprint density at radius 1 is 1.21 bits per heavy atom. The van der Waals surface area contributed by atoms with Gasteiger partial charge in [0.15, 0.2) is 0 Å². The van der Waals surface area contributed by atoms with Gasteiger partial charge in [-0.2, -0.15) is 0 Å². The van der Waals surface area contributed by atoms with Crippen molar-refractivity contribution in [2.75, 3.05) is 13.1 Å². The summed E-state index contributed by atoms with van der Waals surface area (Å²) in [6, 6.07) is 5.96. The summed E-state index contributed by atoms with van der Waals surface area (Å²) < 4.78 is 1.03. The molecule has 0 bridgehead atoms. The normalized spacial score (nSPS) is 14.6. The van der Waals surface area contributed by atoms with E-state index in [-0.39, 0.29) is 0 Å². The molecular weight excluding hydrogens is 302 g/mol. The van der Waals surface area contributed by atoms with Crippen LogP contribution in [0.2, 0.25) is 0 Å². The molecular formula is C15H18BrN3. The first kappa shape index (κ1) is 14.2. The lowest BCUT2D eigenvalue weighted by Crippen LogP contribution is -2.21. The molecule has 0 unspecified atom stereocenters. The molecule has 2 aromatic rings. The van der Waals surface area contributed by atoms with E-state index in [1.165, 1.54) is 5.57 Å². The summed E-state index contributed by atoms with van der Waals surface area (Å²) in [5.74, 6) is 0. The number of nitrogens with one attached hydrogen (secondary N) is 1. The quantitative estimate of drug-likeness (QED) is 0.868. The van der Waals surface area contributed by atoms with Gasteiger partial charge in [0.25, 0.3) is 0 Å². The van der Waals surface area contributed by atoms with Crippen LogP contribution < -0.4 is 5.32 Å². The molecule has 1 N–H and O–H groups in total. The number of aromatic nitrogens is 2. The standard InChI is InChI=1S/C13H12BrN3.C2H6/c14-10-3-4-11-12(6-10)17-13(8-16-11)9-2-1-5-15-7-9;1-2/h2-4,6,8,15H,1,5,7H2;1-2H3. The van der Waals surface area contributed by atoms with Crippen LogP contribution >= 0.6 is 15.9 Å². The number of hydrogen-bond acceptors (Lipinski definition) is 3. The van der Waals surface area contributed by atoms with Crippen molar-refractivity contribution in [2.45, 2.75) is 20.3 Å². The fourth-order valence-electron chi connectivity index (χ4n) is 1.98. The van der Waals surface area contributed by atoms with E-state index in [1.54, 1.807) is 0 Å². The van der Waals surface area contributed by atoms with Crippen LogP contribution in [0.1, 0.15) is 26.0 Å².